The molecular weight excluding hydrogens is 294 g/mol. The van der Waals surface area contributed by atoms with Gasteiger partial charge in [0.2, 0.25) is 0 Å². The SMILES string of the molecule is COCC1CN(C(=O)c2ccco2)Cc2ncn(CC3CC3)c21. The molecule has 1 fully saturated rings. The summed E-state index contributed by atoms with van der Waals surface area (Å²) in [6, 6.07) is 3.44. The van der Waals surface area contributed by atoms with Gasteiger partial charge in [-0.25, -0.2) is 4.98 Å². The minimum Gasteiger partial charge on any atom is -0.459 e. The molecule has 2 aliphatic rings. The van der Waals surface area contributed by atoms with Gasteiger partial charge in [0, 0.05) is 31.8 Å². The Morgan fingerprint density at radius 1 is 1.48 bits per heavy atom. The lowest BCUT2D eigenvalue weighted by Crippen LogP contribution is -2.40. The molecule has 0 radical (unpaired) electrons. The first-order chi connectivity index (χ1) is 11.3. The fraction of sp³-hybridized carbons (Fsp3) is 0.529. The molecule has 1 amide bonds. The van der Waals surface area contributed by atoms with E-state index in [0.717, 1.165) is 18.2 Å². The maximum absolute atomic E-state index is 12.6. The summed E-state index contributed by atoms with van der Waals surface area (Å²) in [6.45, 7) is 2.80. The molecule has 0 bridgehead atoms. The number of imidazole rings is 1. The van der Waals surface area contributed by atoms with Crippen LogP contribution in [-0.2, 0) is 17.8 Å². The molecule has 0 aromatic carbocycles. The molecule has 23 heavy (non-hydrogen) atoms. The number of carbonyl (C=O) groups excluding carboxylic acids is 1. The molecule has 6 nitrogen and oxygen atoms in total. The van der Waals surface area contributed by atoms with E-state index < -0.39 is 0 Å². The molecule has 1 unspecified atom stereocenters. The van der Waals surface area contributed by atoms with E-state index in [1.807, 2.05) is 6.33 Å². The normalized spacial score (nSPS) is 20.6. The van der Waals surface area contributed by atoms with Crippen LogP contribution in [0.25, 0.3) is 0 Å². The molecule has 0 spiro atoms. The topological polar surface area (TPSA) is 60.5 Å². The van der Waals surface area contributed by atoms with Crippen molar-refractivity contribution in [3.8, 4) is 0 Å². The molecule has 1 aliphatic heterocycles. The lowest BCUT2D eigenvalue weighted by Gasteiger charge is -2.32. The second-order valence-corrected chi connectivity index (χ2v) is 6.49. The van der Waals surface area contributed by atoms with Gasteiger partial charge in [0.15, 0.2) is 5.76 Å². The first kappa shape index (κ1) is 14.5. The number of fused-ring (bicyclic) bond motifs is 1. The number of methoxy groups -OCH3 is 1. The molecule has 122 valence electrons. The van der Waals surface area contributed by atoms with E-state index >= 15 is 0 Å². The van der Waals surface area contributed by atoms with E-state index in [1.54, 1.807) is 24.1 Å². The first-order valence-electron chi connectivity index (χ1n) is 8.12. The minimum atomic E-state index is -0.0847. The molecule has 1 saturated carbocycles. The zero-order chi connectivity index (χ0) is 15.8. The van der Waals surface area contributed by atoms with Crippen LogP contribution in [0.4, 0.5) is 0 Å². The quantitative estimate of drug-likeness (QED) is 0.849. The van der Waals surface area contributed by atoms with Crippen LogP contribution in [0, 0.1) is 5.92 Å². The number of ether oxygens (including phenoxy) is 1. The Labute approximate surface area is 135 Å². The Kier molecular flexibility index (Phi) is 3.69. The number of rotatable bonds is 5. The summed E-state index contributed by atoms with van der Waals surface area (Å²) < 4.78 is 12.9. The van der Waals surface area contributed by atoms with E-state index in [9.17, 15) is 4.79 Å². The average Bonchev–Trinajstić information content (AvgIpc) is 3.04. The van der Waals surface area contributed by atoms with Gasteiger partial charge in [-0.2, -0.15) is 0 Å². The van der Waals surface area contributed by atoms with Gasteiger partial charge in [-0.1, -0.05) is 0 Å². The van der Waals surface area contributed by atoms with Gasteiger partial charge < -0.3 is 18.6 Å². The van der Waals surface area contributed by atoms with Crippen molar-refractivity contribution in [1.82, 2.24) is 14.5 Å². The maximum Gasteiger partial charge on any atom is 0.289 e. The van der Waals surface area contributed by atoms with Gasteiger partial charge >= 0.3 is 0 Å². The summed E-state index contributed by atoms with van der Waals surface area (Å²) >= 11 is 0. The number of carbonyl (C=O) groups is 1. The Morgan fingerprint density at radius 2 is 2.35 bits per heavy atom. The first-order valence-corrected chi connectivity index (χ1v) is 8.12. The highest BCUT2D eigenvalue weighted by molar-refractivity contribution is 5.91. The molecule has 2 aromatic heterocycles. The lowest BCUT2D eigenvalue weighted by molar-refractivity contribution is 0.0641. The van der Waals surface area contributed by atoms with Crippen LogP contribution in [-0.4, -0.2) is 40.6 Å². The summed E-state index contributed by atoms with van der Waals surface area (Å²) in [5.41, 5.74) is 2.22. The molecule has 1 atom stereocenters. The smallest absolute Gasteiger partial charge is 0.289 e. The van der Waals surface area contributed by atoms with E-state index in [2.05, 4.69) is 9.55 Å². The molecule has 6 heteroatoms. The Hall–Kier alpha value is -2.08. The van der Waals surface area contributed by atoms with E-state index in [1.165, 1.54) is 24.8 Å². The summed E-state index contributed by atoms with van der Waals surface area (Å²) in [4.78, 5) is 18.9. The van der Waals surface area contributed by atoms with Crippen LogP contribution in [0.3, 0.4) is 0 Å². The van der Waals surface area contributed by atoms with Crippen LogP contribution in [0.2, 0.25) is 0 Å². The summed E-state index contributed by atoms with van der Waals surface area (Å²) in [7, 11) is 1.70. The van der Waals surface area contributed by atoms with Gasteiger partial charge in [-0.05, 0) is 30.9 Å². The molecular formula is C17H21N3O3. The molecule has 0 saturated heterocycles. The van der Waals surface area contributed by atoms with Crippen molar-refractivity contribution < 1.29 is 13.9 Å². The predicted molar refractivity (Wildman–Crippen MR) is 83.0 cm³/mol. The van der Waals surface area contributed by atoms with Crippen molar-refractivity contribution >= 4 is 5.91 Å². The number of aromatic nitrogens is 2. The van der Waals surface area contributed by atoms with Crippen molar-refractivity contribution in [3.05, 3.63) is 41.9 Å². The Bertz CT molecular complexity index is 688. The van der Waals surface area contributed by atoms with Crippen molar-refractivity contribution in [2.75, 3.05) is 20.3 Å². The van der Waals surface area contributed by atoms with Crippen LogP contribution in [0.5, 0.6) is 0 Å². The van der Waals surface area contributed by atoms with Crippen molar-refractivity contribution in [2.45, 2.75) is 31.8 Å². The Morgan fingerprint density at radius 3 is 3.04 bits per heavy atom. The van der Waals surface area contributed by atoms with Gasteiger partial charge in [0.1, 0.15) is 0 Å². The van der Waals surface area contributed by atoms with Gasteiger partial charge in [0.05, 0.1) is 31.4 Å². The number of amides is 1. The fourth-order valence-corrected chi connectivity index (χ4v) is 3.39. The second kappa shape index (κ2) is 5.85. The standard InChI is InChI=1S/C17H21N3O3/c1-22-10-13-8-19(17(21)15-3-2-6-23-15)9-14-16(13)20(11-18-14)7-12-4-5-12/h2-3,6,11-13H,4-5,7-10H2,1H3. The molecule has 3 heterocycles. The lowest BCUT2D eigenvalue weighted by atomic mass is 9.98. The Balaban J connectivity index is 1.60. The molecule has 1 aliphatic carbocycles. The number of hydrogen-bond acceptors (Lipinski definition) is 4. The second-order valence-electron chi connectivity index (χ2n) is 6.49. The van der Waals surface area contributed by atoms with Gasteiger partial charge in [0.25, 0.3) is 5.91 Å². The number of furan rings is 1. The average molecular weight is 315 g/mol. The highest BCUT2D eigenvalue weighted by Gasteiger charge is 2.34. The van der Waals surface area contributed by atoms with Crippen LogP contribution < -0.4 is 0 Å². The molecule has 0 N–H and O–H groups in total. The highest BCUT2D eigenvalue weighted by atomic mass is 16.5. The summed E-state index contributed by atoms with van der Waals surface area (Å²) in [5, 5.41) is 0. The zero-order valence-corrected chi connectivity index (χ0v) is 13.3. The van der Waals surface area contributed by atoms with Gasteiger partial charge in [-0.3, -0.25) is 4.79 Å². The third-order valence-corrected chi connectivity index (χ3v) is 4.66. The van der Waals surface area contributed by atoms with Crippen molar-refractivity contribution in [3.63, 3.8) is 0 Å². The molecule has 2 aromatic rings. The van der Waals surface area contributed by atoms with E-state index in [0.29, 0.717) is 25.5 Å². The van der Waals surface area contributed by atoms with Crippen LogP contribution in [0.15, 0.2) is 29.1 Å². The predicted octanol–water partition coefficient (Wildman–Crippen LogP) is 2.27. The summed E-state index contributed by atoms with van der Waals surface area (Å²) in [6.07, 6.45) is 6.07. The largest absolute Gasteiger partial charge is 0.459 e. The van der Waals surface area contributed by atoms with Gasteiger partial charge in [-0.15, -0.1) is 0 Å². The van der Waals surface area contributed by atoms with Crippen molar-refractivity contribution in [2.24, 2.45) is 5.92 Å². The maximum atomic E-state index is 12.6. The third-order valence-electron chi connectivity index (χ3n) is 4.66. The number of nitrogens with zero attached hydrogens (tertiary/aromatic N) is 3. The van der Waals surface area contributed by atoms with E-state index in [-0.39, 0.29) is 11.8 Å². The minimum absolute atomic E-state index is 0.0847. The summed E-state index contributed by atoms with van der Waals surface area (Å²) in [5.74, 6) is 1.24. The number of hydrogen-bond donors (Lipinski definition) is 0. The third kappa shape index (κ3) is 2.79. The monoisotopic (exact) mass is 315 g/mol. The van der Waals surface area contributed by atoms with Crippen molar-refractivity contribution in [1.29, 1.82) is 0 Å². The van der Waals surface area contributed by atoms with Crippen LogP contribution >= 0.6 is 0 Å². The molecule has 4 rings (SSSR count). The highest BCUT2D eigenvalue weighted by Crippen LogP contribution is 2.34. The fourth-order valence-electron chi connectivity index (χ4n) is 3.39. The van der Waals surface area contributed by atoms with Crippen LogP contribution in [0.1, 0.15) is 40.7 Å². The van der Waals surface area contributed by atoms with E-state index in [4.69, 9.17) is 9.15 Å². The zero-order valence-electron chi connectivity index (χ0n) is 13.3.